The van der Waals surface area contributed by atoms with Crippen LogP contribution in [0.25, 0.3) is 4.96 Å². The monoisotopic (exact) mass is 483 g/mol. The maximum absolute atomic E-state index is 13.1. The topological polar surface area (TPSA) is 107 Å². The van der Waals surface area contributed by atoms with E-state index in [1.807, 2.05) is 22.5 Å². The van der Waals surface area contributed by atoms with E-state index in [2.05, 4.69) is 40.2 Å². The van der Waals surface area contributed by atoms with Crippen molar-refractivity contribution in [2.24, 2.45) is 0 Å². The summed E-state index contributed by atoms with van der Waals surface area (Å²) in [7, 11) is 1.75. The number of piperazine rings is 1. The van der Waals surface area contributed by atoms with Crippen LogP contribution < -0.4 is 5.32 Å². The van der Waals surface area contributed by atoms with Gasteiger partial charge in [0.25, 0.3) is 5.97 Å². The van der Waals surface area contributed by atoms with E-state index in [1.165, 1.54) is 5.56 Å². The molecule has 2 fully saturated rings. The molecule has 2 saturated heterocycles. The predicted molar refractivity (Wildman–Crippen MR) is 129 cm³/mol. The Morgan fingerprint density at radius 3 is 2.50 bits per heavy atom. The van der Waals surface area contributed by atoms with Crippen molar-refractivity contribution in [3.8, 4) is 0 Å². The molecule has 1 unspecified atom stereocenters. The highest BCUT2D eigenvalue weighted by Gasteiger charge is 2.42. The van der Waals surface area contributed by atoms with E-state index in [9.17, 15) is 9.59 Å². The Hall–Kier alpha value is -3.24. The number of thiazole rings is 1. The summed E-state index contributed by atoms with van der Waals surface area (Å²) in [5, 5.41) is 12.6. The smallest absolute Gasteiger partial charge is 0.300 e. The Morgan fingerprint density at radius 2 is 1.88 bits per heavy atom. The molecule has 3 aromatic rings. The number of likely N-dealkylation sites (tertiary alicyclic amines) is 1. The summed E-state index contributed by atoms with van der Waals surface area (Å²) in [4.78, 5) is 43.3. The van der Waals surface area contributed by atoms with Crippen LogP contribution in [0.3, 0.4) is 0 Å². The van der Waals surface area contributed by atoms with Gasteiger partial charge in [0.1, 0.15) is 6.04 Å². The van der Waals surface area contributed by atoms with Gasteiger partial charge in [-0.1, -0.05) is 30.3 Å². The quantitative estimate of drug-likeness (QED) is 0.589. The van der Waals surface area contributed by atoms with Gasteiger partial charge in [0, 0.05) is 56.8 Å². The molecular weight excluding hydrogens is 454 g/mol. The maximum atomic E-state index is 13.1. The highest BCUT2D eigenvalue weighted by Crippen LogP contribution is 2.41. The standard InChI is InChI=1S/C22H25N5O2S.C2H4O2/c1-25-14-17(23-13-19(25)28)20(29)26-9-7-22(8-10-26,16-5-3-2-4-6-16)18-15-27-11-12-30-21(27)24-18;1-2(3)4/h2-6,11-12,15,17,23H,7-10,13-14H2,1H3;1H3,(H,3,4). The van der Waals surface area contributed by atoms with Crippen LogP contribution in [0, 0.1) is 0 Å². The van der Waals surface area contributed by atoms with Gasteiger partial charge in [0.05, 0.1) is 12.2 Å². The van der Waals surface area contributed by atoms with E-state index < -0.39 is 5.97 Å². The number of aromatic nitrogens is 2. The number of hydrogen-bond donors (Lipinski definition) is 2. The number of fused-ring (bicyclic) bond motifs is 1. The van der Waals surface area contributed by atoms with Crippen molar-refractivity contribution < 1.29 is 19.5 Å². The molecule has 0 spiro atoms. The average molecular weight is 484 g/mol. The zero-order valence-electron chi connectivity index (χ0n) is 19.3. The molecular formula is C24H29N5O4S. The second-order valence-electron chi connectivity index (χ2n) is 8.72. The van der Waals surface area contributed by atoms with Crippen molar-refractivity contribution in [2.45, 2.75) is 31.2 Å². The van der Waals surface area contributed by atoms with Crippen molar-refractivity contribution in [3.63, 3.8) is 0 Å². The fourth-order valence-corrected chi connectivity index (χ4v) is 5.39. The number of aliphatic carboxylic acids is 1. The lowest BCUT2D eigenvalue weighted by atomic mass is 9.70. The number of benzene rings is 1. The number of carboxylic acid groups (broad SMARTS) is 1. The van der Waals surface area contributed by atoms with Gasteiger partial charge in [-0.2, -0.15) is 0 Å². The number of carbonyl (C=O) groups excluding carboxylic acids is 2. The fourth-order valence-electron chi connectivity index (χ4n) is 4.69. The first kappa shape index (κ1) is 23.9. The van der Waals surface area contributed by atoms with Gasteiger partial charge in [-0.3, -0.25) is 24.1 Å². The van der Waals surface area contributed by atoms with Gasteiger partial charge in [-0.15, -0.1) is 11.3 Å². The van der Waals surface area contributed by atoms with E-state index in [4.69, 9.17) is 14.9 Å². The summed E-state index contributed by atoms with van der Waals surface area (Å²) in [6, 6.07) is 10.2. The average Bonchev–Trinajstić information content (AvgIpc) is 3.44. The molecule has 0 aliphatic carbocycles. The second-order valence-corrected chi connectivity index (χ2v) is 9.59. The van der Waals surface area contributed by atoms with E-state index >= 15 is 0 Å². The SMILES string of the molecule is CC(=O)O.CN1CC(C(=O)N2CCC(c3ccccc3)(c3cn4ccsc4n3)CC2)NCC1=O. The van der Waals surface area contributed by atoms with Gasteiger partial charge < -0.3 is 14.9 Å². The molecule has 1 atom stereocenters. The minimum atomic E-state index is -0.833. The van der Waals surface area contributed by atoms with Crippen LogP contribution in [0.5, 0.6) is 0 Å². The van der Waals surface area contributed by atoms with Crippen LogP contribution in [-0.4, -0.2) is 81.3 Å². The summed E-state index contributed by atoms with van der Waals surface area (Å²) in [5.41, 5.74) is 2.13. The number of hydrogen-bond acceptors (Lipinski definition) is 6. The summed E-state index contributed by atoms with van der Waals surface area (Å²) in [6.45, 7) is 3.08. The number of likely N-dealkylation sites (N-methyl/N-ethyl adjacent to an activating group) is 1. The zero-order valence-corrected chi connectivity index (χ0v) is 20.1. The van der Waals surface area contributed by atoms with E-state index in [0.29, 0.717) is 19.6 Å². The lowest BCUT2D eigenvalue weighted by Crippen LogP contribution is -2.60. The van der Waals surface area contributed by atoms with Crippen LogP contribution in [-0.2, 0) is 19.8 Å². The Labute approximate surface area is 202 Å². The first-order valence-electron chi connectivity index (χ1n) is 11.2. The molecule has 2 aliphatic heterocycles. The van der Waals surface area contributed by atoms with Crippen LogP contribution in [0.15, 0.2) is 48.1 Å². The number of nitrogens with zero attached hydrogens (tertiary/aromatic N) is 4. The Bertz CT molecular complexity index is 1130. The summed E-state index contributed by atoms with van der Waals surface area (Å²) in [6.07, 6.45) is 5.84. The molecule has 2 N–H and O–H groups in total. The van der Waals surface area contributed by atoms with Crippen LogP contribution in [0.2, 0.25) is 0 Å². The molecule has 180 valence electrons. The molecule has 4 heterocycles. The lowest BCUT2D eigenvalue weighted by molar-refractivity contribution is -0.140. The Kier molecular flexibility index (Phi) is 6.99. The molecule has 2 aliphatic rings. The van der Waals surface area contributed by atoms with Crippen molar-refractivity contribution >= 4 is 34.1 Å². The number of amides is 2. The van der Waals surface area contributed by atoms with Crippen LogP contribution >= 0.6 is 11.3 Å². The number of piperidine rings is 1. The molecule has 0 saturated carbocycles. The largest absolute Gasteiger partial charge is 0.481 e. The van der Waals surface area contributed by atoms with Crippen molar-refractivity contribution in [3.05, 3.63) is 59.4 Å². The highest BCUT2D eigenvalue weighted by atomic mass is 32.1. The number of carbonyl (C=O) groups is 3. The number of nitrogens with one attached hydrogen (secondary N) is 1. The van der Waals surface area contributed by atoms with E-state index in [0.717, 1.165) is 30.4 Å². The molecule has 0 bridgehead atoms. The minimum absolute atomic E-state index is 0.0283. The van der Waals surface area contributed by atoms with Crippen molar-refractivity contribution in [2.75, 3.05) is 33.2 Å². The lowest BCUT2D eigenvalue weighted by Gasteiger charge is -2.43. The summed E-state index contributed by atoms with van der Waals surface area (Å²) in [5.74, 6) is -0.720. The Morgan fingerprint density at radius 1 is 1.21 bits per heavy atom. The number of rotatable bonds is 3. The normalized spacial score (nSPS) is 20.1. The first-order chi connectivity index (χ1) is 16.3. The first-order valence-corrected chi connectivity index (χ1v) is 12.1. The molecule has 9 nitrogen and oxygen atoms in total. The predicted octanol–water partition coefficient (Wildman–Crippen LogP) is 1.83. The van der Waals surface area contributed by atoms with Gasteiger partial charge in [-0.25, -0.2) is 4.98 Å². The number of imidazole rings is 1. The second kappa shape index (κ2) is 9.94. The van der Waals surface area contributed by atoms with Crippen LogP contribution in [0.1, 0.15) is 31.0 Å². The third-order valence-corrected chi connectivity index (χ3v) is 7.29. The van der Waals surface area contributed by atoms with Gasteiger partial charge >= 0.3 is 0 Å². The van der Waals surface area contributed by atoms with Gasteiger partial charge in [0.15, 0.2) is 4.96 Å². The molecule has 5 rings (SSSR count). The summed E-state index contributed by atoms with van der Waals surface area (Å²) < 4.78 is 2.08. The third-order valence-electron chi connectivity index (χ3n) is 6.52. The van der Waals surface area contributed by atoms with Crippen molar-refractivity contribution in [1.82, 2.24) is 24.5 Å². The summed E-state index contributed by atoms with van der Waals surface area (Å²) >= 11 is 1.64. The minimum Gasteiger partial charge on any atom is -0.481 e. The highest BCUT2D eigenvalue weighted by molar-refractivity contribution is 7.15. The third kappa shape index (κ3) is 4.83. The number of carboxylic acids is 1. The zero-order chi connectivity index (χ0) is 24.3. The maximum Gasteiger partial charge on any atom is 0.300 e. The molecule has 34 heavy (non-hydrogen) atoms. The fraction of sp³-hybridized carbons (Fsp3) is 0.417. The molecule has 1 aromatic carbocycles. The Balaban J connectivity index is 0.000000636. The van der Waals surface area contributed by atoms with E-state index in [1.54, 1.807) is 23.3 Å². The van der Waals surface area contributed by atoms with Crippen molar-refractivity contribution in [1.29, 1.82) is 0 Å². The van der Waals surface area contributed by atoms with E-state index in [-0.39, 0.29) is 29.8 Å². The van der Waals surface area contributed by atoms with Crippen LogP contribution in [0.4, 0.5) is 0 Å². The van der Waals surface area contributed by atoms with Gasteiger partial charge in [0.2, 0.25) is 11.8 Å². The molecule has 2 aromatic heterocycles. The molecule has 10 heteroatoms. The van der Waals surface area contributed by atoms with Gasteiger partial charge in [-0.05, 0) is 18.4 Å². The molecule has 0 radical (unpaired) electrons. The molecule has 2 amide bonds.